The highest BCUT2D eigenvalue weighted by molar-refractivity contribution is 5.79. The van der Waals surface area contributed by atoms with Crippen LogP contribution in [0.25, 0.3) is 0 Å². The van der Waals surface area contributed by atoms with Gasteiger partial charge in [-0.15, -0.1) is 0 Å². The third kappa shape index (κ3) is 3.37. The van der Waals surface area contributed by atoms with Gasteiger partial charge in [0.15, 0.2) is 0 Å². The number of rotatable bonds is 3. The number of nitrogens with one attached hydrogen (secondary N) is 1. The van der Waals surface area contributed by atoms with Crippen molar-refractivity contribution in [2.24, 2.45) is 0 Å². The normalized spacial score (nSPS) is 18.6. The van der Waals surface area contributed by atoms with Crippen LogP contribution in [0.1, 0.15) is 12.8 Å². The van der Waals surface area contributed by atoms with Crippen LogP contribution in [0.3, 0.4) is 0 Å². The van der Waals surface area contributed by atoms with Gasteiger partial charge >= 0.3 is 0 Å². The first-order valence-electron chi connectivity index (χ1n) is 4.05. The molecule has 11 heavy (non-hydrogen) atoms. The maximum Gasteiger partial charge on any atom is 0.224 e. The summed E-state index contributed by atoms with van der Waals surface area (Å²) in [5, 5.41) is 2.57. The molecular formula is C8H14N2O. The standard InChI is InChI=1S/C8H14N2O/c1-8(11)9-4-7-10-5-2-3-6-10/h1H,2-7H2,(H,9,11). The molecule has 62 valence electrons. The number of hydrogen-bond acceptors (Lipinski definition) is 2. The van der Waals surface area contributed by atoms with Gasteiger partial charge in [-0.1, -0.05) is 0 Å². The first kappa shape index (κ1) is 8.53. The Kier molecular flexibility index (Phi) is 3.36. The van der Waals surface area contributed by atoms with E-state index in [9.17, 15) is 4.79 Å². The van der Waals surface area contributed by atoms with Gasteiger partial charge in [-0.2, -0.15) is 0 Å². The average Bonchev–Trinajstić information content (AvgIpc) is 2.39. The van der Waals surface area contributed by atoms with Gasteiger partial charge < -0.3 is 10.2 Å². The molecule has 0 spiro atoms. The van der Waals surface area contributed by atoms with Crippen LogP contribution in [0.2, 0.25) is 0 Å². The van der Waals surface area contributed by atoms with E-state index in [1.165, 1.54) is 25.9 Å². The maximum absolute atomic E-state index is 10.3. The Bertz CT molecular complexity index is 130. The van der Waals surface area contributed by atoms with Crippen molar-refractivity contribution < 1.29 is 4.79 Å². The Morgan fingerprint density at radius 1 is 1.45 bits per heavy atom. The minimum atomic E-state index is -0.427. The second-order valence-electron chi connectivity index (χ2n) is 2.84. The fraction of sp³-hybridized carbons (Fsp3) is 0.750. The first-order chi connectivity index (χ1) is 5.29. The predicted molar refractivity (Wildman–Crippen MR) is 43.0 cm³/mol. The lowest BCUT2D eigenvalue weighted by atomic mass is 10.4. The number of amides is 1. The lowest BCUT2D eigenvalue weighted by molar-refractivity contribution is -0.116. The minimum Gasteiger partial charge on any atom is -0.355 e. The van der Waals surface area contributed by atoms with Gasteiger partial charge in [-0.25, -0.2) is 0 Å². The summed E-state index contributed by atoms with van der Waals surface area (Å²) >= 11 is 0. The van der Waals surface area contributed by atoms with Crippen LogP contribution < -0.4 is 5.32 Å². The van der Waals surface area contributed by atoms with Crippen LogP contribution in [-0.2, 0) is 4.79 Å². The number of hydrogen-bond donors (Lipinski definition) is 1. The van der Waals surface area contributed by atoms with E-state index in [4.69, 9.17) is 6.92 Å². The molecule has 0 saturated carbocycles. The van der Waals surface area contributed by atoms with Crippen LogP contribution in [0.4, 0.5) is 0 Å². The summed E-state index contributed by atoms with van der Waals surface area (Å²) < 4.78 is 0. The van der Waals surface area contributed by atoms with Crippen molar-refractivity contribution in [3.05, 3.63) is 6.92 Å². The quantitative estimate of drug-likeness (QED) is 0.616. The Balaban J connectivity index is 1.98. The smallest absolute Gasteiger partial charge is 0.224 e. The summed E-state index contributed by atoms with van der Waals surface area (Å²) in [6.45, 7) is 8.85. The summed E-state index contributed by atoms with van der Waals surface area (Å²) in [6.07, 6.45) is 2.58. The zero-order chi connectivity index (χ0) is 8.10. The molecule has 0 unspecified atom stereocenters. The molecule has 0 bridgehead atoms. The highest BCUT2D eigenvalue weighted by atomic mass is 16.1. The van der Waals surface area contributed by atoms with Crippen molar-refractivity contribution in [1.82, 2.24) is 10.2 Å². The summed E-state index contributed by atoms with van der Waals surface area (Å²) in [4.78, 5) is 12.6. The Labute approximate surface area is 67.8 Å². The summed E-state index contributed by atoms with van der Waals surface area (Å²) in [7, 11) is 0. The number of carbonyl (C=O) groups excluding carboxylic acids is 1. The van der Waals surface area contributed by atoms with Crippen molar-refractivity contribution in [3.8, 4) is 0 Å². The Morgan fingerprint density at radius 2 is 2.09 bits per heavy atom. The van der Waals surface area contributed by atoms with E-state index < -0.39 is 5.91 Å². The zero-order valence-electron chi connectivity index (χ0n) is 6.68. The second kappa shape index (κ2) is 4.34. The molecule has 0 aromatic rings. The average molecular weight is 154 g/mol. The second-order valence-corrected chi connectivity index (χ2v) is 2.84. The highest BCUT2D eigenvalue weighted by Crippen LogP contribution is 2.05. The lowest BCUT2D eigenvalue weighted by Gasteiger charge is -2.13. The summed E-state index contributed by atoms with van der Waals surface area (Å²) in [5.74, 6) is -0.427. The van der Waals surface area contributed by atoms with Gasteiger partial charge in [0.2, 0.25) is 5.91 Å². The molecule has 1 saturated heterocycles. The third-order valence-corrected chi connectivity index (χ3v) is 1.93. The fourth-order valence-corrected chi connectivity index (χ4v) is 1.34. The van der Waals surface area contributed by atoms with Gasteiger partial charge in [0, 0.05) is 13.1 Å². The SMILES string of the molecule is [CH]C(=O)NCCN1CCCC1. The van der Waals surface area contributed by atoms with Crippen molar-refractivity contribution in [2.45, 2.75) is 12.8 Å². The fourth-order valence-electron chi connectivity index (χ4n) is 1.34. The maximum atomic E-state index is 10.3. The minimum absolute atomic E-state index is 0.427. The number of carbonyl (C=O) groups is 1. The van der Waals surface area contributed by atoms with Crippen molar-refractivity contribution in [2.75, 3.05) is 26.2 Å². The van der Waals surface area contributed by atoms with Crippen molar-refractivity contribution in [3.63, 3.8) is 0 Å². The molecule has 1 N–H and O–H groups in total. The van der Waals surface area contributed by atoms with E-state index >= 15 is 0 Å². The van der Waals surface area contributed by atoms with E-state index in [0.717, 1.165) is 6.54 Å². The van der Waals surface area contributed by atoms with E-state index in [0.29, 0.717) is 6.54 Å². The number of nitrogens with zero attached hydrogens (tertiary/aromatic N) is 1. The van der Waals surface area contributed by atoms with Gasteiger partial charge in [0.05, 0.1) is 6.92 Å². The Morgan fingerprint density at radius 3 is 2.64 bits per heavy atom. The molecule has 1 aliphatic heterocycles. The molecule has 0 aliphatic carbocycles. The molecule has 1 rings (SSSR count). The molecule has 0 atom stereocenters. The van der Waals surface area contributed by atoms with Gasteiger partial charge in [0.1, 0.15) is 0 Å². The van der Waals surface area contributed by atoms with Crippen LogP contribution in [0.5, 0.6) is 0 Å². The van der Waals surface area contributed by atoms with Crippen LogP contribution in [-0.4, -0.2) is 37.0 Å². The highest BCUT2D eigenvalue weighted by Gasteiger charge is 2.09. The van der Waals surface area contributed by atoms with E-state index in [1.54, 1.807) is 0 Å². The van der Waals surface area contributed by atoms with E-state index in [1.807, 2.05) is 0 Å². The van der Waals surface area contributed by atoms with Gasteiger partial charge in [0.25, 0.3) is 0 Å². The molecular weight excluding hydrogens is 140 g/mol. The van der Waals surface area contributed by atoms with Gasteiger partial charge in [-0.05, 0) is 25.9 Å². The molecule has 1 heterocycles. The molecule has 3 nitrogen and oxygen atoms in total. The van der Waals surface area contributed by atoms with Crippen molar-refractivity contribution >= 4 is 5.91 Å². The largest absolute Gasteiger partial charge is 0.355 e. The topological polar surface area (TPSA) is 32.3 Å². The predicted octanol–water partition coefficient (Wildman–Crippen LogP) is -0.0905. The lowest BCUT2D eigenvalue weighted by Crippen LogP contribution is -2.32. The van der Waals surface area contributed by atoms with Crippen molar-refractivity contribution in [1.29, 1.82) is 0 Å². The van der Waals surface area contributed by atoms with Crippen LogP contribution in [0, 0.1) is 6.92 Å². The summed E-state index contributed by atoms with van der Waals surface area (Å²) in [6, 6.07) is 0. The summed E-state index contributed by atoms with van der Waals surface area (Å²) in [5.41, 5.74) is 0. The molecule has 0 aromatic carbocycles. The third-order valence-electron chi connectivity index (χ3n) is 1.93. The van der Waals surface area contributed by atoms with Crippen LogP contribution >= 0.6 is 0 Å². The number of likely N-dealkylation sites (tertiary alicyclic amines) is 1. The molecule has 0 aromatic heterocycles. The van der Waals surface area contributed by atoms with Crippen LogP contribution in [0.15, 0.2) is 0 Å². The zero-order valence-corrected chi connectivity index (χ0v) is 6.68. The van der Waals surface area contributed by atoms with Gasteiger partial charge in [-0.3, -0.25) is 4.79 Å². The monoisotopic (exact) mass is 154 g/mol. The first-order valence-corrected chi connectivity index (χ1v) is 4.05. The van der Waals surface area contributed by atoms with E-state index in [2.05, 4.69) is 10.2 Å². The molecule has 3 heteroatoms. The molecule has 1 aliphatic rings. The Hall–Kier alpha value is -0.570. The van der Waals surface area contributed by atoms with E-state index in [-0.39, 0.29) is 0 Å². The molecule has 2 radical (unpaired) electrons. The molecule has 1 amide bonds. The molecule has 1 fully saturated rings.